The first-order chi connectivity index (χ1) is 8.97. The molecule has 0 aromatic heterocycles. The van der Waals surface area contributed by atoms with E-state index in [2.05, 4.69) is 21.2 Å². The van der Waals surface area contributed by atoms with Gasteiger partial charge in [0.05, 0.1) is 0 Å². The third-order valence-electron chi connectivity index (χ3n) is 2.53. The number of hydrogen-bond donors (Lipinski definition) is 2. The molecule has 6 heteroatoms. The molecule has 0 heterocycles. The van der Waals surface area contributed by atoms with E-state index in [0.29, 0.717) is 10.0 Å². The second-order valence-electron chi connectivity index (χ2n) is 3.95. The van der Waals surface area contributed by atoms with Gasteiger partial charge in [-0.25, -0.2) is 13.2 Å². The van der Waals surface area contributed by atoms with Gasteiger partial charge < -0.3 is 11.1 Å². The largest absolute Gasteiger partial charge is 0.399 e. The second-order valence-corrected chi connectivity index (χ2v) is 4.86. The summed E-state index contributed by atoms with van der Waals surface area (Å²) in [7, 11) is 0. The molecule has 0 fully saturated rings. The van der Waals surface area contributed by atoms with Crippen molar-refractivity contribution in [1.29, 1.82) is 0 Å². The third kappa shape index (κ3) is 3.20. The number of halogens is 4. The third-order valence-corrected chi connectivity index (χ3v) is 3.02. The highest BCUT2D eigenvalue weighted by atomic mass is 79.9. The summed E-state index contributed by atoms with van der Waals surface area (Å²) in [4.78, 5) is 0. The predicted molar refractivity (Wildman–Crippen MR) is 72.2 cm³/mol. The van der Waals surface area contributed by atoms with Crippen LogP contribution in [0, 0.1) is 17.5 Å². The molecule has 0 aliphatic carbocycles. The van der Waals surface area contributed by atoms with Crippen molar-refractivity contribution in [3.8, 4) is 0 Å². The first kappa shape index (κ1) is 13.7. The van der Waals surface area contributed by atoms with E-state index >= 15 is 0 Å². The Kier molecular flexibility index (Phi) is 3.99. The molecule has 100 valence electrons. The van der Waals surface area contributed by atoms with Gasteiger partial charge in [0.2, 0.25) is 0 Å². The van der Waals surface area contributed by atoms with Crippen LogP contribution in [0.2, 0.25) is 0 Å². The smallest absolute Gasteiger partial charge is 0.151 e. The van der Waals surface area contributed by atoms with E-state index in [1.165, 1.54) is 12.1 Å². The summed E-state index contributed by atoms with van der Waals surface area (Å²) < 4.78 is 41.2. The number of rotatable bonds is 3. The highest BCUT2D eigenvalue weighted by Gasteiger charge is 2.11. The summed E-state index contributed by atoms with van der Waals surface area (Å²) in [5, 5.41) is 2.53. The summed E-state index contributed by atoms with van der Waals surface area (Å²) >= 11 is 3.20. The molecule has 3 N–H and O–H groups in total. The van der Waals surface area contributed by atoms with Crippen molar-refractivity contribution in [2.75, 3.05) is 11.1 Å². The zero-order chi connectivity index (χ0) is 14.0. The normalized spacial score (nSPS) is 10.5. The van der Waals surface area contributed by atoms with Crippen molar-refractivity contribution in [2.24, 2.45) is 0 Å². The number of anilines is 2. The lowest BCUT2D eigenvalue weighted by Gasteiger charge is -2.10. The minimum Gasteiger partial charge on any atom is -0.399 e. The Morgan fingerprint density at radius 3 is 2.26 bits per heavy atom. The van der Waals surface area contributed by atoms with E-state index < -0.39 is 17.5 Å². The van der Waals surface area contributed by atoms with Crippen LogP contribution in [0.25, 0.3) is 0 Å². The standard InChI is InChI=1S/C13H10BrF3N2/c14-8-1-2-10(15)7(3-8)6-19-13-11(16)4-9(18)5-12(13)17/h1-5,19H,6,18H2. The molecular formula is C13H10BrF3N2. The minimum absolute atomic E-state index is 0.00538. The van der Waals surface area contributed by atoms with E-state index in [4.69, 9.17) is 5.73 Å². The molecular weight excluding hydrogens is 321 g/mol. The van der Waals surface area contributed by atoms with Crippen molar-refractivity contribution in [3.05, 3.63) is 57.8 Å². The van der Waals surface area contributed by atoms with Crippen LogP contribution in [0.1, 0.15) is 5.56 Å². The van der Waals surface area contributed by atoms with Gasteiger partial charge in [-0.1, -0.05) is 15.9 Å². The van der Waals surface area contributed by atoms with Crippen LogP contribution in [0.5, 0.6) is 0 Å². The van der Waals surface area contributed by atoms with Crippen LogP contribution in [0.3, 0.4) is 0 Å². The molecule has 2 aromatic rings. The summed E-state index contributed by atoms with van der Waals surface area (Å²) in [5.74, 6) is -2.08. The molecule has 0 saturated carbocycles. The predicted octanol–water partition coefficient (Wildman–Crippen LogP) is 4.06. The minimum atomic E-state index is -0.812. The Labute approximate surface area is 116 Å². The fraction of sp³-hybridized carbons (Fsp3) is 0.0769. The van der Waals surface area contributed by atoms with Gasteiger partial charge in [0.1, 0.15) is 11.5 Å². The van der Waals surface area contributed by atoms with Crippen LogP contribution >= 0.6 is 15.9 Å². The van der Waals surface area contributed by atoms with E-state index in [1.54, 1.807) is 6.07 Å². The van der Waals surface area contributed by atoms with Crippen LogP contribution in [0.15, 0.2) is 34.8 Å². The summed E-state index contributed by atoms with van der Waals surface area (Å²) in [6.45, 7) is -0.0387. The highest BCUT2D eigenvalue weighted by molar-refractivity contribution is 9.10. The molecule has 0 aliphatic heterocycles. The molecule has 0 aliphatic rings. The Morgan fingerprint density at radius 2 is 1.63 bits per heavy atom. The van der Waals surface area contributed by atoms with E-state index in [9.17, 15) is 13.2 Å². The van der Waals surface area contributed by atoms with Crippen LogP contribution in [-0.2, 0) is 6.54 Å². The topological polar surface area (TPSA) is 38.0 Å². The van der Waals surface area contributed by atoms with Crippen molar-refractivity contribution >= 4 is 27.3 Å². The highest BCUT2D eigenvalue weighted by Crippen LogP contribution is 2.23. The Hall–Kier alpha value is -1.69. The van der Waals surface area contributed by atoms with E-state index in [-0.39, 0.29) is 17.9 Å². The number of nitrogens with one attached hydrogen (secondary N) is 1. The Morgan fingerprint density at radius 1 is 1.00 bits per heavy atom. The molecule has 0 radical (unpaired) electrons. The van der Waals surface area contributed by atoms with Gasteiger partial charge in [-0.2, -0.15) is 0 Å². The summed E-state index contributed by atoms with van der Waals surface area (Å²) in [5.41, 5.74) is 5.27. The average molecular weight is 331 g/mol. The summed E-state index contributed by atoms with van der Waals surface area (Å²) in [6, 6.07) is 6.36. The fourth-order valence-corrected chi connectivity index (χ4v) is 2.03. The van der Waals surface area contributed by atoms with Crippen LogP contribution in [-0.4, -0.2) is 0 Å². The molecule has 0 amide bonds. The van der Waals surface area contributed by atoms with Crippen molar-refractivity contribution < 1.29 is 13.2 Å². The van der Waals surface area contributed by atoms with Crippen LogP contribution in [0.4, 0.5) is 24.5 Å². The molecule has 2 nitrogen and oxygen atoms in total. The van der Waals surface area contributed by atoms with Gasteiger partial charge in [-0.05, 0) is 30.3 Å². The Bertz CT molecular complexity index is 594. The van der Waals surface area contributed by atoms with Gasteiger partial charge in [-0.15, -0.1) is 0 Å². The van der Waals surface area contributed by atoms with Crippen molar-refractivity contribution in [2.45, 2.75) is 6.54 Å². The molecule has 19 heavy (non-hydrogen) atoms. The molecule has 2 aromatic carbocycles. The van der Waals surface area contributed by atoms with Gasteiger partial charge >= 0.3 is 0 Å². The fourth-order valence-electron chi connectivity index (χ4n) is 1.62. The molecule has 0 unspecified atom stereocenters. The van der Waals surface area contributed by atoms with Gasteiger partial charge in [0.25, 0.3) is 0 Å². The molecule has 0 atom stereocenters. The maximum absolute atomic E-state index is 13.5. The zero-order valence-electron chi connectivity index (χ0n) is 9.68. The number of hydrogen-bond acceptors (Lipinski definition) is 2. The van der Waals surface area contributed by atoms with E-state index in [0.717, 1.165) is 12.1 Å². The molecule has 2 rings (SSSR count). The summed E-state index contributed by atoms with van der Waals surface area (Å²) in [6.07, 6.45) is 0. The maximum Gasteiger partial charge on any atom is 0.151 e. The zero-order valence-corrected chi connectivity index (χ0v) is 11.3. The quantitative estimate of drug-likeness (QED) is 0.833. The van der Waals surface area contributed by atoms with Crippen molar-refractivity contribution in [3.63, 3.8) is 0 Å². The first-order valence-electron chi connectivity index (χ1n) is 5.39. The van der Waals surface area contributed by atoms with Crippen molar-refractivity contribution in [1.82, 2.24) is 0 Å². The molecule has 0 saturated heterocycles. The number of nitrogen functional groups attached to an aromatic ring is 1. The van der Waals surface area contributed by atoms with Crippen LogP contribution < -0.4 is 11.1 Å². The molecule has 0 bridgehead atoms. The lowest BCUT2D eigenvalue weighted by atomic mass is 10.2. The molecule has 0 spiro atoms. The lowest BCUT2D eigenvalue weighted by molar-refractivity contribution is 0.586. The second kappa shape index (κ2) is 5.52. The van der Waals surface area contributed by atoms with Gasteiger partial charge in [0.15, 0.2) is 11.6 Å². The number of nitrogens with two attached hydrogens (primary N) is 1. The van der Waals surface area contributed by atoms with Gasteiger partial charge in [-0.3, -0.25) is 0 Å². The SMILES string of the molecule is Nc1cc(F)c(NCc2cc(Br)ccc2F)c(F)c1. The first-order valence-corrected chi connectivity index (χ1v) is 6.19. The maximum atomic E-state index is 13.5. The Balaban J connectivity index is 2.21. The monoisotopic (exact) mass is 330 g/mol. The lowest BCUT2D eigenvalue weighted by Crippen LogP contribution is -2.06. The number of benzene rings is 2. The van der Waals surface area contributed by atoms with Gasteiger partial charge in [0, 0.05) is 22.3 Å². The van der Waals surface area contributed by atoms with E-state index in [1.807, 2.05) is 0 Å². The average Bonchev–Trinajstić information content (AvgIpc) is 2.32.